The Morgan fingerprint density at radius 1 is 1.18 bits per heavy atom. The molecule has 1 heterocycles. The zero-order valence-corrected chi connectivity index (χ0v) is 13.7. The third-order valence-corrected chi connectivity index (χ3v) is 5.89. The number of thiophene rings is 1. The highest BCUT2D eigenvalue weighted by atomic mass is 32.2. The summed E-state index contributed by atoms with van der Waals surface area (Å²) >= 11 is 1.08. The molecule has 118 valence electrons. The van der Waals surface area contributed by atoms with E-state index in [1.165, 1.54) is 20.3 Å². The Balaban J connectivity index is 2.09. The molecule has 0 aliphatic rings. The molecule has 2 rings (SSSR count). The number of hydrogen-bond donors (Lipinski definition) is 1. The zero-order valence-electron chi connectivity index (χ0n) is 12.0. The first-order valence-corrected chi connectivity index (χ1v) is 8.77. The van der Waals surface area contributed by atoms with Crippen LogP contribution in [0.1, 0.15) is 0 Å². The molecule has 1 aromatic carbocycles. The Morgan fingerprint density at radius 2 is 1.91 bits per heavy atom. The van der Waals surface area contributed by atoms with Gasteiger partial charge in [0.2, 0.25) is 5.91 Å². The summed E-state index contributed by atoms with van der Waals surface area (Å²) in [6.45, 7) is 0. The van der Waals surface area contributed by atoms with Crippen molar-refractivity contribution in [2.75, 3.05) is 25.3 Å². The maximum atomic E-state index is 12.0. The number of rotatable bonds is 6. The van der Waals surface area contributed by atoms with Gasteiger partial charge in [-0.1, -0.05) is 6.07 Å². The molecule has 6 nitrogen and oxygen atoms in total. The molecule has 0 spiro atoms. The predicted octanol–water partition coefficient (Wildman–Crippen LogP) is 2.18. The van der Waals surface area contributed by atoms with E-state index in [1.54, 1.807) is 29.6 Å². The quantitative estimate of drug-likeness (QED) is 0.871. The van der Waals surface area contributed by atoms with Crippen molar-refractivity contribution in [3.05, 3.63) is 35.7 Å². The number of carbonyl (C=O) groups excluding carboxylic acids is 1. The Kier molecular flexibility index (Phi) is 5.04. The van der Waals surface area contributed by atoms with E-state index in [2.05, 4.69) is 5.32 Å². The first-order chi connectivity index (χ1) is 10.5. The van der Waals surface area contributed by atoms with Crippen molar-refractivity contribution in [3.8, 4) is 11.5 Å². The molecule has 22 heavy (non-hydrogen) atoms. The third-order valence-electron chi connectivity index (χ3n) is 2.79. The second-order valence-corrected chi connectivity index (χ2v) is 7.47. The molecular formula is C14H15NO5S2. The molecule has 0 saturated heterocycles. The van der Waals surface area contributed by atoms with Crippen LogP contribution in [0.3, 0.4) is 0 Å². The lowest BCUT2D eigenvalue weighted by Crippen LogP contribution is -2.22. The Bertz CT molecular complexity index is 754. The predicted molar refractivity (Wildman–Crippen MR) is 84.5 cm³/mol. The third kappa shape index (κ3) is 3.77. The number of carbonyl (C=O) groups is 1. The van der Waals surface area contributed by atoms with Crippen molar-refractivity contribution in [2.45, 2.75) is 4.21 Å². The summed E-state index contributed by atoms with van der Waals surface area (Å²) in [5.74, 6) is -0.254. The second kappa shape index (κ2) is 6.80. The summed E-state index contributed by atoms with van der Waals surface area (Å²) in [5.41, 5.74) is 0.434. The van der Waals surface area contributed by atoms with Gasteiger partial charge in [-0.25, -0.2) is 8.42 Å². The van der Waals surface area contributed by atoms with Gasteiger partial charge in [-0.05, 0) is 23.6 Å². The van der Waals surface area contributed by atoms with Gasteiger partial charge >= 0.3 is 0 Å². The minimum atomic E-state index is -3.61. The smallest absolute Gasteiger partial charge is 0.239 e. The average Bonchev–Trinajstić information content (AvgIpc) is 3.01. The van der Waals surface area contributed by atoms with E-state index >= 15 is 0 Å². The monoisotopic (exact) mass is 341 g/mol. The van der Waals surface area contributed by atoms with E-state index in [1.807, 2.05) is 0 Å². The number of sulfone groups is 1. The fourth-order valence-corrected chi connectivity index (χ4v) is 4.02. The molecular weight excluding hydrogens is 326 g/mol. The molecule has 1 N–H and O–H groups in total. The van der Waals surface area contributed by atoms with Crippen LogP contribution in [-0.4, -0.2) is 34.3 Å². The van der Waals surface area contributed by atoms with Crippen LogP contribution in [-0.2, 0) is 14.6 Å². The van der Waals surface area contributed by atoms with Gasteiger partial charge in [0, 0.05) is 11.8 Å². The standard InChI is InChI=1S/C14H15NO5S2/c1-19-11-6-5-10(8-12(11)20-2)15-13(16)9-22(17,18)14-4-3-7-21-14/h3-8H,9H2,1-2H3,(H,15,16). The highest BCUT2D eigenvalue weighted by Crippen LogP contribution is 2.29. The van der Waals surface area contributed by atoms with Crippen molar-refractivity contribution in [1.29, 1.82) is 0 Å². The van der Waals surface area contributed by atoms with Crippen molar-refractivity contribution in [1.82, 2.24) is 0 Å². The summed E-state index contributed by atoms with van der Waals surface area (Å²) in [6, 6.07) is 7.90. The topological polar surface area (TPSA) is 81.7 Å². The molecule has 0 aliphatic heterocycles. The summed E-state index contributed by atoms with van der Waals surface area (Å²) in [4.78, 5) is 11.9. The molecule has 1 aromatic heterocycles. The van der Waals surface area contributed by atoms with E-state index in [0.29, 0.717) is 17.2 Å². The molecule has 0 fully saturated rings. The largest absolute Gasteiger partial charge is 0.493 e. The Hall–Kier alpha value is -2.06. The van der Waals surface area contributed by atoms with Gasteiger partial charge in [0.15, 0.2) is 21.3 Å². The number of hydrogen-bond acceptors (Lipinski definition) is 6. The van der Waals surface area contributed by atoms with Crippen LogP contribution in [0.15, 0.2) is 39.9 Å². The lowest BCUT2D eigenvalue weighted by Gasteiger charge is -2.10. The normalized spacial score (nSPS) is 11.0. The molecule has 1 amide bonds. The maximum Gasteiger partial charge on any atom is 0.239 e. The van der Waals surface area contributed by atoms with Crippen LogP contribution in [0.4, 0.5) is 5.69 Å². The van der Waals surface area contributed by atoms with E-state index in [4.69, 9.17) is 9.47 Å². The minimum Gasteiger partial charge on any atom is -0.493 e. The number of amides is 1. The van der Waals surface area contributed by atoms with Crippen LogP contribution >= 0.6 is 11.3 Å². The minimum absolute atomic E-state index is 0.176. The van der Waals surface area contributed by atoms with Gasteiger partial charge < -0.3 is 14.8 Å². The molecule has 0 radical (unpaired) electrons. The van der Waals surface area contributed by atoms with Gasteiger partial charge in [0.05, 0.1) is 14.2 Å². The Labute approximate surface area is 132 Å². The number of nitrogens with one attached hydrogen (secondary N) is 1. The van der Waals surface area contributed by atoms with E-state index in [9.17, 15) is 13.2 Å². The van der Waals surface area contributed by atoms with Crippen LogP contribution in [0, 0.1) is 0 Å². The maximum absolute atomic E-state index is 12.0. The average molecular weight is 341 g/mol. The van der Waals surface area contributed by atoms with Crippen molar-refractivity contribution in [3.63, 3.8) is 0 Å². The molecule has 0 saturated carbocycles. The lowest BCUT2D eigenvalue weighted by molar-refractivity contribution is -0.113. The highest BCUT2D eigenvalue weighted by molar-refractivity contribution is 7.94. The molecule has 0 bridgehead atoms. The lowest BCUT2D eigenvalue weighted by atomic mass is 10.2. The van der Waals surface area contributed by atoms with Crippen molar-refractivity contribution in [2.24, 2.45) is 0 Å². The van der Waals surface area contributed by atoms with Crippen molar-refractivity contribution < 1.29 is 22.7 Å². The number of benzene rings is 1. The molecule has 0 atom stereocenters. The van der Waals surface area contributed by atoms with Gasteiger partial charge in [-0.15, -0.1) is 11.3 Å². The SMILES string of the molecule is COc1ccc(NC(=O)CS(=O)(=O)c2cccs2)cc1OC. The fourth-order valence-electron chi connectivity index (χ4n) is 1.80. The number of methoxy groups -OCH3 is 2. The summed E-state index contributed by atoms with van der Waals surface area (Å²) < 4.78 is 34.4. The highest BCUT2D eigenvalue weighted by Gasteiger charge is 2.20. The second-order valence-electron chi connectivity index (χ2n) is 4.31. The van der Waals surface area contributed by atoms with Crippen LogP contribution in [0.5, 0.6) is 11.5 Å². The summed E-state index contributed by atoms with van der Waals surface area (Å²) in [6.07, 6.45) is 0. The van der Waals surface area contributed by atoms with E-state index < -0.39 is 21.5 Å². The first kappa shape index (κ1) is 16.3. The number of ether oxygens (including phenoxy) is 2. The van der Waals surface area contributed by atoms with Gasteiger partial charge in [0.1, 0.15) is 9.96 Å². The van der Waals surface area contributed by atoms with Crippen LogP contribution in [0.25, 0.3) is 0 Å². The number of anilines is 1. The van der Waals surface area contributed by atoms with Gasteiger partial charge in [-0.3, -0.25) is 4.79 Å². The van der Waals surface area contributed by atoms with Gasteiger partial charge in [-0.2, -0.15) is 0 Å². The van der Waals surface area contributed by atoms with Crippen molar-refractivity contribution >= 4 is 32.8 Å². The Morgan fingerprint density at radius 3 is 2.50 bits per heavy atom. The fraction of sp³-hybridized carbons (Fsp3) is 0.214. The van der Waals surface area contributed by atoms with Gasteiger partial charge in [0.25, 0.3) is 0 Å². The molecule has 8 heteroatoms. The summed E-state index contributed by atoms with van der Waals surface area (Å²) in [7, 11) is -0.634. The molecule has 0 aliphatic carbocycles. The summed E-state index contributed by atoms with van der Waals surface area (Å²) in [5, 5.41) is 4.19. The first-order valence-electron chi connectivity index (χ1n) is 6.24. The molecule has 0 unspecified atom stereocenters. The molecule has 2 aromatic rings. The van der Waals surface area contributed by atoms with E-state index in [-0.39, 0.29) is 4.21 Å². The zero-order chi connectivity index (χ0) is 16.2. The van der Waals surface area contributed by atoms with Crippen LogP contribution < -0.4 is 14.8 Å². The van der Waals surface area contributed by atoms with E-state index in [0.717, 1.165) is 11.3 Å². The van der Waals surface area contributed by atoms with Crippen LogP contribution in [0.2, 0.25) is 0 Å².